The molecule has 2 heterocycles. The Hall–Kier alpha value is -1.87. The Morgan fingerprint density at radius 3 is 2.80 bits per heavy atom. The lowest BCUT2D eigenvalue weighted by Gasteiger charge is -2.32. The number of nitrogens with one attached hydrogen (secondary N) is 2. The quantitative estimate of drug-likeness (QED) is 0.411. The Balaban J connectivity index is 1.69. The molecule has 2 rings (SSSR count). The van der Waals surface area contributed by atoms with Crippen molar-refractivity contribution >= 4 is 16.0 Å². The summed E-state index contributed by atoms with van der Waals surface area (Å²) in [5.74, 6) is 1.59. The fourth-order valence-corrected chi connectivity index (χ4v) is 3.75. The molecule has 140 valence electrons. The Kier molecular flexibility index (Phi) is 7.45. The van der Waals surface area contributed by atoms with Gasteiger partial charge in [0.05, 0.1) is 18.5 Å². The molecule has 0 spiro atoms. The van der Waals surface area contributed by atoms with Crippen LogP contribution in [0, 0.1) is 0 Å². The zero-order valence-electron chi connectivity index (χ0n) is 14.8. The van der Waals surface area contributed by atoms with Crippen molar-refractivity contribution in [3.63, 3.8) is 0 Å². The molecule has 25 heavy (non-hydrogen) atoms. The Bertz CT molecular complexity index is 643. The van der Waals surface area contributed by atoms with Crippen LogP contribution in [0.4, 0.5) is 0 Å². The SMILES string of the molecule is CCS(=O)(=O)N1CCC(NC(=NC)NCCOc2cccnc2)CC1. The van der Waals surface area contributed by atoms with Crippen LogP contribution in [0.25, 0.3) is 0 Å². The maximum absolute atomic E-state index is 11.9. The van der Waals surface area contributed by atoms with Gasteiger partial charge in [0.2, 0.25) is 10.0 Å². The summed E-state index contributed by atoms with van der Waals surface area (Å²) in [5.41, 5.74) is 0. The molecule has 1 aliphatic rings. The number of rotatable bonds is 7. The third-order valence-corrected chi connectivity index (χ3v) is 5.96. The summed E-state index contributed by atoms with van der Waals surface area (Å²) in [4.78, 5) is 8.20. The van der Waals surface area contributed by atoms with Gasteiger partial charge in [0, 0.05) is 32.4 Å². The predicted molar refractivity (Wildman–Crippen MR) is 98.3 cm³/mol. The van der Waals surface area contributed by atoms with Crippen LogP contribution in [0.2, 0.25) is 0 Å². The number of pyridine rings is 1. The number of piperidine rings is 1. The highest BCUT2D eigenvalue weighted by Gasteiger charge is 2.26. The number of ether oxygens (including phenoxy) is 1. The number of hydrogen-bond acceptors (Lipinski definition) is 5. The fraction of sp³-hybridized carbons (Fsp3) is 0.625. The first-order chi connectivity index (χ1) is 12.0. The van der Waals surface area contributed by atoms with E-state index in [1.54, 1.807) is 30.7 Å². The van der Waals surface area contributed by atoms with Gasteiger partial charge in [-0.2, -0.15) is 0 Å². The summed E-state index contributed by atoms with van der Waals surface area (Å²) in [6, 6.07) is 3.90. The van der Waals surface area contributed by atoms with Crippen molar-refractivity contribution in [1.82, 2.24) is 19.9 Å². The molecule has 0 aromatic carbocycles. The average molecular weight is 369 g/mol. The first-order valence-electron chi connectivity index (χ1n) is 8.53. The van der Waals surface area contributed by atoms with Crippen LogP contribution in [0.3, 0.4) is 0 Å². The van der Waals surface area contributed by atoms with Gasteiger partial charge in [-0.25, -0.2) is 12.7 Å². The van der Waals surface area contributed by atoms with E-state index in [-0.39, 0.29) is 11.8 Å². The summed E-state index contributed by atoms with van der Waals surface area (Å²) in [6.45, 7) is 3.89. The standard InChI is InChI=1S/C16H27N5O3S/c1-3-25(22,23)21-10-6-14(7-11-21)20-16(17-2)19-9-12-24-15-5-4-8-18-13-15/h4-5,8,13-14H,3,6-7,9-12H2,1-2H3,(H2,17,19,20). The van der Waals surface area contributed by atoms with E-state index in [1.165, 1.54) is 0 Å². The van der Waals surface area contributed by atoms with Gasteiger partial charge in [0.25, 0.3) is 0 Å². The lowest BCUT2D eigenvalue weighted by Crippen LogP contribution is -2.50. The maximum atomic E-state index is 11.9. The zero-order chi connectivity index (χ0) is 18.1. The van der Waals surface area contributed by atoms with Crippen molar-refractivity contribution in [3.05, 3.63) is 24.5 Å². The van der Waals surface area contributed by atoms with E-state index in [9.17, 15) is 8.42 Å². The second kappa shape index (κ2) is 9.57. The molecule has 2 N–H and O–H groups in total. The van der Waals surface area contributed by atoms with Gasteiger partial charge in [-0.1, -0.05) is 0 Å². The number of aliphatic imine (C=N–C) groups is 1. The van der Waals surface area contributed by atoms with Crippen molar-refractivity contribution in [1.29, 1.82) is 0 Å². The zero-order valence-corrected chi connectivity index (χ0v) is 15.6. The first-order valence-corrected chi connectivity index (χ1v) is 10.1. The predicted octanol–water partition coefficient (Wildman–Crippen LogP) is 0.440. The number of guanidine groups is 1. The molecule has 1 aliphatic heterocycles. The topological polar surface area (TPSA) is 95.9 Å². The highest BCUT2D eigenvalue weighted by molar-refractivity contribution is 7.89. The summed E-state index contributed by atoms with van der Waals surface area (Å²) < 4.78 is 30.9. The smallest absolute Gasteiger partial charge is 0.213 e. The van der Waals surface area contributed by atoms with E-state index in [1.807, 2.05) is 12.1 Å². The Morgan fingerprint density at radius 1 is 1.44 bits per heavy atom. The molecule has 9 heteroatoms. The molecule has 1 fully saturated rings. The molecule has 0 aliphatic carbocycles. The summed E-state index contributed by atoms with van der Waals surface area (Å²) >= 11 is 0. The Labute approximate surface area is 149 Å². The molecule has 0 bridgehead atoms. The van der Waals surface area contributed by atoms with Crippen molar-refractivity contribution in [2.75, 3.05) is 39.0 Å². The maximum Gasteiger partial charge on any atom is 0.213 e. The minimum Gasteiger partial charge on any atom is -0.490 e. The number of sulfonamides is 1. The van der Waals surface area contributed by atoms with Crippen LogP contribution in [0.15, 0.2) is 29.5 Å². The molecule has 1 aromatic heterocycles. The molecule has 0 unspecified atom stereocenters. The minimum atomic E-state index is -3.08. The van der Waals surface area contributed by atoms with Crippen LogP contribution in [0.5, 0.6) is 5.75 Å². The van der Waals surface area contributed by atoms with Crippen molar-refractivity contribution in [3.8, 4) is 5.75 Å². The molecule has 0 atom stereocenters. The fourth-order valence-electron chi connectivity index (χ4n) is 2.62. The van der Waals surface area contributed by atoms with Crippen LogP contribution in [-0.2, 0) is 10.0 Å². The van der Waals surface area contributed by atoms with E-state index >= 15 is 0 Å². The molecule has 0 amide bonds. The summed E-state index contributed by atoms with van der Waals surface area (Å²) in [6.07, 6.45) is 4.91. The average Bonchev–Trinajstić information content (AvgIpc) is 2.65. The van der Waals surface area contributed by atoms with E-state index in [2.05, 4.69) is 20.6 Å². The van der Waals surface area contributed by atoms with Gasteiger partial charge in [-0.15, -0.1) is 0 Å². The largest absolute Gasteiger partial charge is 0.490 e. The van der Waals surface area contributed by atoms with Gasteiger partial charge in [-0.3, -0.25) is 9.98 Å². The highest BCUT2D eigenvalue weighted by atomic mass is 32.2. The monoisotopic (exact) mass is 369 g/mol. The van der Waals surface area contributed by atoms with E-state index in [4.69, 9.17) is 4.74 Å². The number of aromatic nitrogens is 1. The lowest BCUT2D eigenvalue weighted by molar-refractivity contribution is 0.303. The molecule has 8 nitrogen and oxygen atoms in total. The van der Waals surface area contributed by atoms with Crippen molar-refractivity contribution < 1.29 is 13.2 Å². The highest BCUT2D eigenvalue weighted by Crippen LogP contribution is 2.14. The molecule has 1 aromatic rings. The van der Waals surface area contributed by atoms with Gasteiger partial charge in [-0.05, 0) is 31.9 Å². The summed E-state index contributed by atoms with van der Waals surface area (Å²) in [5, 5.41) is 6.55. The summed E-state index contributed by atoms with van der Waals surface area (Å²) in [7, 11) is -1.37. The molecule has 0 saturated carbocycles. The molecule has 0 radical (unpaired) electrons. The van der Waals surface area contributed by atoms with E-state index < -0.39 is 10.0 Å². The number of nitrogens with zero attached hydrogens (tertiary/aromatic N) is 3. The second-order valence-electron chi connectivity index (χ2n) is 5.75. The van der Waals surface area contributed by atoms with Crippen LogP contribution >= 0.6 is 0 Å². The van der Waals surface area contributed by atoms with E-state index in [0.29, 0.717) is 32.2 Å². The molecule has 1 saturated heterocycles. The third-order valence-electron chi connectivity index (χ3n) is 4.07. The number of hydrogen-bond donors (Lipinski definition) is 2. The third kappa shape index (κ3) is 6.17. The van der Waals surface area contributed by atoms with Gasteiger partial charge in [0.15, 0.2) is 5.96 Å². The molecular formula is C16H27N5O3S. The van der Waals surface area contributed by atoms with Crippen molar-refractivity contribution in [2.45, 2.75) is 25.8 Å². The molecular weight excluding hydrogens is 342 g/mol. The van der Waals surface area contributed by atoms with Gasteiger partial charge < -0.3 is 15.4 Å². The lowest BCUT2D eigenvalue weighted by atomic mass is 10.1. The van der Waals surface area contributed by atoms with Crippen LogP contribution < -0.4 is 15.4 Å². The second-order valence-corrected chi connectivity index (χ2v) is 8.01. The minimum absolute atomic E-state index is 0.158. The van der Waals surface area contributed by atoms with E-state index in [0.717, 1.165) is 18.6 Å². The van der Waals surface area contributed by atoms with Gasteiger partial charge >= 0.3 is 0 Å². The normalized spacial score (nSPS) is 17.3. The van der Waals surface area contributed by atoms with Crippen molar-refractivity contribution in [2.24, 2.45) is 4.99 Å². The van der Waals surface area contributed by atoms with Crippen LogP contribution in [-0.4, -0.2) is 68.8 Å². The Morgan fingerprint density at radius 2 is 2.20 bits per heavy atom. The first kappa shape index (κ1) is 19.5. The van der Waals surface area contributed by atoms with Gasteiger partial charge in [0.1, 0.15) is 12.4 Å². The van der Waals surface area contributed by atoms with Crippen LogP contribution in [0.1, 0.15) is 19.8 Å².